The average molecular weight is 180 g/mol. The molecule has 60 valence electrons. The van der Waals surface area contributed by atoms with Gasteiger partial charge >= 0.3 is 0 Å². The molecule has 0 spiro atoms. The van der Waals surface area contributed by atoms with E-state index >= 15 is 0 Å². The van der Waals surface area contributed by atoms with Crippen LogP contribution in [-0.2, 0) is 0 Å². The Kier molecular flexibility index (Phi) is 1.83. The Labute approximate surface area is 72.7 Å². The highest BCUT2D eigenvalue weighted by atomic mass is 32.1. The van der Waals surface area contributed by atoms with Gasteiger partial charge in [-0.15, -0.1) is 11.3 Å². The molecule has 0 aliphatic heterocycles. The molecule has 2 aromatic heterocycles. The highest BCUT2D eigenvalue weighted by Crippen LogP contribution is 2.20. The Morgan fingerprint density at radius 2 is 2.17 bits per heavy atom. The maximum atomic E-state index is 12.6. The molecule has 0 aliphatic carbocycles. The van der Waals surface area contributed by atoms with Gasteiger partial charge in [-0.05, 0) is 6.07 Å². The number of hydrogen-bond acceptors (Lipinski definition) is 3. The molecule has 0 N–H and O–H groups in total. The van der Waals surface area contributed by atoms with Crippen molar-refractivity contribution in [1.82, 2.24) is 9.97 Å². The molecule has 0 unspecified atom stereocenters. The largest absolute Gasteiger partial charge is 0.245 e. The molecule has 2 heterocycles. The topological polar surface area (TPSA) is 25.8 Å². The van der Waals surface area contributed by atoms with Crippen molar-refractivity contribution in [3.05, 3.63) is 35.9 Å². The molecule has 2 nitrogen and oxygen atoms in total. The first-order valence-corrected chi connectivity index (χ1v) is 4.25. The Bertz CT molecular complexity index is 372. The van der Waals surface area contributed by atoms with Crippen LogP contribution >= 0.6 is 11.3 Å². The summed E-state index contributed by atoms with van der Waals surface area (Å²) in [6, 6.07) is 3.11. The molecule has 0 aromatic carbocycles. The predicted molar refractivity (Wildman–Crippen MR) is 45.3 cm³/mol. The SMILES string of the molecule is Fc1cc(-c2nccs2)ccn1. The minimum absolute atomic E-state index is 0.470. The minimum Gasteiger partial charge on any atom is -0.245 e. The van der Waals surface area contributed by atoms with Crippen molar-refractivity contribution < 1.29 is 4.39 Å². The lowest BCUT2D eigenvalue weighted by Gasteiger charge is -1.93. The number of pyridine rings is 1. The van der Waals surface area contributed by atoms with Crippen LogP contribution in [0.4, 0.5) is 4.39 Å². The third-order valence-corrected chi connectivity index (χ3v) is 2.23. The maximum Gasteiger partial charge on any atom is 0.213 e. The van der Waals surface area contributed by atoms with E-state index in [1.807, 2.05) is 5.38 Å². The molecule has 0 amide bonds. The summed E-state index contributed by atoms with van der Waals surface area (Å²) in [6.45, 7) is 0. The predicted octanol–water partition coefficient (Wildman–Crippen LogP) is 2.34. The highest BCUT2D eigenvalue weighted by Gasteiger charge is 2.00. The zero-order chi connectivity index (χ0) is 8.39. The molecule has 0 atom stereocenters. The van der Waals surface area contributed by atoms with E-state index in [0.29, 0.717) is 0 Å². The first-order valence-electron chi connectivity index (χ1n) is 3.38. The van der Waals surface area contributed by atoms with E-state index in [-0.39, 0.29) is 0 Å². The van der Waals surface area contributed by atoms with Gasteiger partial charge in [0.15, 0.2) is 0 Å². The van der Waals surface area contributed by atoms with Crippen molar-refractivity contribution in [2.24, 2.45) is 0 Å². The van der Waals surface area contributed by atoms with Crippen molar-refractivity contribution in [2.45, 2.75) is 0 Å². The van der Waals surface area contributed by atoms with Gasteiger partial charge in [-0.3, -0.25) is 0 Å². The fourth-order valence-electron chi connectivity index (χ4n) is 0.902. The van der Waals surface area contributed by atoms with Crippen LogP contribution in [0.25, 0.3) is 10.6 Å². The van der Waals surface area contributed by atoms with E-state index in [2.05, 4.69) is 9.97 Å². The van der Waals surface area contributed by atoms with Gasteiger partial charge in [-0.1, -0.05) is 0 Å². The van der Waals surface area contributed by atoms with Crippen LogP contribution in [0.5, 0.6) is 0 Å². The van der Waals surface area contributed by atoms with Crippen LogP contribution in [0.3, 0.4) is 0 Å². The molecule has 2 aromatic rings. The van der Waals surface area contributed by atoms with Gasteiger partial charge in [0, 0.05) is 29.4 Å². The van der Waals surface area contributed by atoms with Gasteiger partial charge in [-0.2, -0.15) is 4.39 Å². The number of aromatic nitrogens is 2. The summed E-state index contributed by atoms with van der Waals surface area (Å²) < 4.78 is 12.6. The number of thiazole rings is 1. The van der Waals surface area contributed by atoms with Crippen molar-refractivity contribution in [1.29, 1.82) is 0 Å². The van der Waals surface area contributed by atoms with Crippen LogP contribution in [0.15, 0.2) is 29.9 Å². The monoisotopic (exact) mass is 180 g/mol. The molecule has 0 fully saturated rings. The molecule has 0 aliphatic rings. The standard InChI is InChI=1S/C8H5FN2S/c9-7-5-6(1-2-10-7)8-11-3-4-12-8/h1-5H. The first-order chi connectivity index (χ1) is 5.86. The Morgan fingerprint density at radius 3 is 2.83 bits per heavy atom. The van der Waals surface area contributed by atoms with Crippen LogP contribution in [-0.4, -0.2) is 9.97 Å². The van der Waals surface area contributed by atoms with Gasteiger partial charge in [0.1, 0.15) is 5.01 Å². The number of nitrogens with zero attached hydrogens (tertiary/aromatic N) is 2. The summed E-state index contributed by atoms with van der Waals surface area (Å²) in [5, 5.41) is 2.67. The Hall–Kier alpha value is -1.29. The van der Waals surface area contributed by atoms with Gasteiger partial charge in [0.05, 0.1) is 0 Å². The number of rotatable bonds is 1. The molecule has 12 heavy (non-hydrogen) atoms. The van der Waals surface area contributed by atoms with Crippen LogP contribution in [0.1, 0.15) is 0 Å². The highest BCUT2D eigenvalue weighted by molar-refractivity contribution is 7.13. The van der Waals surface area contributed by atoms with Crippen molar-refractivity contribution in [2.75, 3.05) is 0 Å². The summed E-state index contributed by atoms with van der Waals surface area (Å²) in [6.07, 6.45) is 3.13. The minimum atomic E-state index is -0.470. The van der Waals surface area contributed by atoms with E-state index in [0.717, 1.165) is 10.6 Å². The molecule has 0 saturated heterocycles. The van der Waals surface area contributed by atoms with Gasteiger partial charge in [0.2, 0.25) is 5.95 Å². The lowest BCUT2D eigenvalue weighted by atomic mass is 10.3. The first kappa shape index (κ1) is 7.36. The van der Waals surface area contributed by atoms with Crippen LogP contribution in [0, 0.1) is 5.95 Å². The molecular formula is C8H5FN2S. The molecular weight excluding hydrogens is 175 g/mol. The van der Waals surface area contributed by atoms with E-state index in [9.17, 15) is 4.39 Å². The maximum absolute atomic E-state index is 12.6. The molecule has 0 saturated carbocycles. The van der Waals surface area contributed by atoms with Crippen molar-refractivity contribution in [3.8, 4) is 10.6 Å². The zero-order valence-electron chi connectivity index (χ0n) is 6.07. The molecule has 0 bridgehead atoms. The lowest BCUT2D eigenvalue weighted by molar-refractivity contribution is 0.584. The molecule has 0 radical (unpaired) electrons. The summed E-state index contributed by atoms with van der Waals surface area (Å²) in [5.74, 6) is -0.470. The quantitative estimate of drug-likeness (QED) is 0.629. The number of hydrogen-bond donors (Lipinski definition) is 0. The van der Waals surface area contributed by atoms with Crippen LogP contribution in [0.2, 0.25) is 0 Å². The number of halogens is 1. The normalized spacial score (nSPS) is 10.1. The summed E-state index contributed by atoms with van der Waals surface area (Å²) >= 11 is 1.48. The van der Waals surface area contributed by atoms with Gasteiger partial charge in [0.25, 0.3) is 0 Å². The third-order valence-electron chi connectivity index (χ3n) is 1.41. The fraction of sp³-hybridized carbons (Fsp3) is 0. The van der Waals surface area contributed by atoms with E-state index in [4.69, 9.17) is 0 Å². The third kappa shape index (κ3) is 1.33. The zero-order valence-corrected chi connectivity index (χ0v) is 6.88. The van der Waals surface area contributed by atoms with E-state index in [1.54, 1.807) is 12.3 Å². The average Bonchev–Trinajstić information content (AvgIpc) is 2.56. The smallest absolute Gasteiger partial charge is 0.213 e. The summed E-state index contributed by atoms with van der Waals surface area (Å²) in [7, 11) is 0. The van der Waals surface area contributed by atoms with E-state index in [1.165, 1.54) is 23.6 Å². The molecule has 2 rings (SSSR count). The van der Waals surface area contributed by atoms with Gasteiger partial charge in [-0.25, -0.2) is 9.97 Å². The summed E-state index contributed by atoms with van der Waals surface area (Å²) in [5.41, 5.74) is 0.775. The fourth-order valence-corrected chi connectivity index (χ4v) is 1.54. The Balaban J connectivity index is 2.48. The lowest BCUT2D eigenvalue weighted by Crippen LogP contribution is -1.82. The second kappa shape index (κ2) is 2.98. The van der Waals surface area contributed by atoms with Crippen molar-refractivity contribution in [3.63, 3.8) is 0 Å². The van der Waals surface area contributed by atoms with Crippen LogP contribution < -0.4 is 0 Å². The van der Waals surface area contributed by atoms with E-state index < -0.39 is 5.95 Å². The Morgan fingerprint density at radius 1 is 1.25 bits per heavy atom. The van der Waals surface area contributed by atoms with Crippen molar-refractivity contribution >= 4 is 11.3 Å². The second-order valence-corrected chi connectivity index (χ2v) is 3.10. The second-order valence-electron chi connectivity index (χ2n) is 2.20. The molecule has 4 heteroatoms. The van der Waals surface area contributed by atoms with Gasteiger partial charge < -0.3 is 0 Å². The summed E-state index contributed by atoms with van der Waals surface area (Å²) in [4.78, 5) is 7.51.